The summed E-state index contributed by atoms with van der Waals surface area (Å²) in [5.74, 6) is 0.625. The first-order valence-corrected chi connectivity index (χ1v) is 11.3. The zero-order valence-electron chi connectivity index (χ0n) is 19.4. The first-order valence-electron chi connectivity index (χ1n) is 11.3. The normalized spacial score (nSPS) is 21.5. The van der Waals surface area contributed by atoms with Gasteiger partial charge < -0.3 is 29.7 Å². The fourth-order valence-corrected chi connectivity index (χ4v) is 4.09. The van der Waals surface area contributed by atoms with Gasteiger partial charge in [-0.05, 0) is 29.8 Å². The van der Waals surface area contributed by atoms with E-state index in [9.17, 15) is 15.0 Å². The molecule has 0 aliphatic carbocycles. The minimum Gasteiger partial charge on any atom is -0.497 e. The minimum absolute atomic E-state index is 0.198. The molecule has 1 fully saturated rings. The van der Waals surface area contributed by atoms with Crippen LogP contribution < -0.4 is 10.1 Å². The largest absolute Gasteiger partial charge is 0.497 e. The number of nitrogens with zero attached hydrogens (tertiary/aromatic N) is 4. The van der Waals surface area contributed by atoms with Crippen LogP contribution in [0.1, 0.15) is 22.1 Å². The van der Waals surface area contributed by atoms with Gasteiger partial charge in [-0.15, -0.1) is 0 Å². The molecule has 186 valence electrons. The number of imidazole rings is 1. The third-order valence-electron chi connectivity index (χ3n) is 6.00. The lowest BCUT2D eigenvalue weighted by Crippen LogP contribution is -2.35. The Kier molecular flexibility index (Phi) is 6.87. The lowest BCUT2D eigenvalue weighted by molar-refractivity contribution is -0.0761. The molecule has 1 amide bonds. The molecule has 0 bridgehead atoms. The number of amides is 1. The fraction of sp³-hybridized carbons (Fsp3) is 0.280. The third-order valence-corrected chi connectivity index (χ3v) is 6.00. The Hall–Kier alpha value is -3.90. The van der Waals surface area contributed by atoms with Crippen molar-refractivity contribution >= 4 is 22.9 Å². The second-order valence-corrected chi connectivity index (χ2v) is 8.23. The van der Waals surface area contributed by atoms with E-state index in [4.69, 9.17) is 14.2 Å². The number of ether oxygens (including phenoxy) is 3. The van der Waals surface area contributed by atoms with Crippen molar-refractivity contribution in [1.29, 1.82) is 0 Å². The molecule has 4 atom stereocenters. The van der Waals surface area contributed by atoms with Crippen molar-refractivity contribution in [2.75, 3.05) is 19.0 Å². The van der Waals surface area contributed by atoms with Crippen molar-refractivity contribution in [3.63, 3.8) is 0 Å². The molecule has 0 saturated carbocycles. The number of aliphatic hydroxyl groups is 2. The van der Waals surface area contributed by atoms with E-state index >= 15 is 0 Å². The van der Waals surface area contributed by atoms with E-state index in [1.807, 2.05) is 30.3 Å². The molecule has 2 aromatic carbocycles. The average Bonchev–Trinajstić information content (AvgIpc) is 3.49. The van der Waals surface area contributed by atoms with Gasteiger partial charge >= 0.3 is 0 Å². The number of methoxy groups -OCH3 is 1. The SMILES string of the molecule is COc1ccc(CO[C@@H]2[C@H](O)[C@@H](CO)O[C@H]2n2cnc3c(NC(=O)c4ccccc4)ncnc32)cc1. The maximum Gasteiger partial charge on any atom is 0.256 e. The summed E-state index contributed by atoms with van der Waals surface area (Å²) in [5.41, 5.74) is 2.07. The van der Waals surface area contributed by atoms with Gasteiger partial charge in [-0.3, -0.25) is 9.36 Å². The van der Waals surface area contributed by atoms with Crippen LogP contribution in [0.25, 0.3) is 11.2 Å². The molecular formula is C25H25N5O6. The third kappa shape index (κ3) is 4.64. The van der Waals surface area contributed by atoms with Gasteiger partial charge in [0.25, 0.3) is 5.91 Å². The molecule has 2 aromatic heterocycles. The number of nitrogens with one attached hydrogen (secondary N) is 1. The lowest BCUT2D eigenvalue weighted by Gasteiger charge is -2.22. The summed E-state index contributed by atoms with van der Waals surface area (Å²) >= 11 is 0. The predicted molar refractivity (Wildman–Crippen MR) is 128 cm³/mol. The Balaban J connectivity index is 1.40. The van der Waals surface area contributed by atoms with E-state index in [0.717, 1.165) is 11.3 Å². The average molecular weight is 492 g/mol. The van der Waals surface area contributed by atoms with Crippen LogP contribution in [0.15, 0.2) is 67.3 Å². The van der Waals surface area contributed by atoms with E-state index in [1.54, 1.807) is 35.9 Å². The molecule has 1 aliphatic rings. The topological polar surface area (TPSA) is 141 Å². The summed E-state index contributed by atoms with van der Waals surface area (Å²) in [6, 6.07) is 16.1. The summed E-state index contributed by atoms with van der Waals surface area (Å²) in [7, 11) is 1.59. The quantitative estimate of drug-likeness (QED) is 0.337. The van der Waals surface area contributed by atoms with Crippen molar-refractivity contribution in [3.05, 3.63) is 78.4 Å². The molecule has 3 N–H and O–H groups in total. The number of anilines is 1. The van der Waals surface area contributed by atoms with Crippen LogP contribution in [0.3, 0.4) is 0 Å². The highest BCUT2D eigenvalue weighted by Gasteiger charge is 2.46. The first-order chi connectivity index (χ1) is 17.6. The van der Waals surface area contributed by atoms with Crippen molar-refractivity contribution in [1.82, 2.24) is 19.5 Å². The number of aromatic nitrogens is 4. The number of carbonyl (C=O) groups is 1. The van der Waals surface area contributed by atoms with E-state index in [1.165, 1.54) is 12.7 Å². The maximum atomic E-state index is 12.6. The summed E-state index contributed by atoms with van der Waals surface area (Å²) in [6.45, 7) is -0.191. The monoisotopic (exact) mass is 491 g/mol. The van der Waals surface area contributed by atoms with Gasteiger partial charge in [0.05, 0.1) is 26.7 Å². The van der Waals surface area contributed by atoms with Crippen LogP contribution in [-0.4, -0.2) is 67.7 Å². The molecule has 11 heteroatoms. The summed E-state index contributed by atoms with van der Waals surface area (Å²) in [5, 5.41) is 23.3. The molecule has 4 aromatic rings. The molecule has 5 rings (SSSR count). The Labute approximate surface area is 206 Å². The number of carbonyl (C=O) groups excluding carboxylic acids is 1. The Morgan fingerprint density at radius 3 is 2.61 bits per heavy atom. The van der Waals surface area contributed by atoms with Gasteiger partial charge in [-0.2, -0.15) is 0 Å². The summed E-state index contributed by atoms with van der Waals surface area (Å²) < 4.78 is 18.8. The van der Waals surface area contributed by atoms with Crippen LogP contribution >= 0.6 is 0 Å². The van der Waals surface area contributed by atoms with Crippen molar-refractivity contribution < 1.29 is 29.2 Å². The fourth-order valence-electron chi connectivity index (χ4n) is 4.09. The van der Waals surface area contributed by atoms with Gasteiger partial charge in [0, 0.05) is 5.56 Å². The Morgan fingerprint density at radius 2 is 1.89 bits per heavy atom. The van der Waals surface area contributed by atoms with Crippen LogP contribution in [0.5, 0.6) is 5.75 Å². The zero-order valence-corrected chi connectivity index (χ0v) is 19.4. The summed E-state index contributed by atoms with van der Waals surface area (Å²) in [6.07, 6.45) is -0.795. The van der Waals surface area contributed by atoms with Gasteiger partial charge in [0.1, 0.15) is 30.4 Å². The van der Waals surface area contributed by atoms with Crippen molar-refractivity contribution in [2.24, 2.45) is 0 Å². The van der Waals surface area contributed by atoms with E-state index in [-0.39, 0.29) is 24.9 Å². The highest BCUT2D eigenvalue weighted by Crippen LogP contribution is 2.34. The van der Waals surface area contributed by atoms with Crippen LogP contribution in [0.4, 0.5) is 5.82 Å². The Bertz CT molecular complexity index is 1330. The van der Waals surface area contributed by atoms with Crippen molar-refractivity contribution in [3.8, 4) is 5.75 Å². The zero-order chi connectivity index (χ0) is 25.1. The van der Waals surface area contributed by atoms with Gasteiger partial charge in [-0.25, -0.2) is 15.0 Å². The smallest absolute Gasteiger partial charge is 0.256 e. The highest BCUT2D eigenvalue weighted by atomic mass is 16.6. The second kappa shape index (κ2) is 10.4. The lowest BCUT2D eigenvalue weighted by atomic mass is 10.1. The number of hydrogen-bond acceptors (Lipinski definition) is 9. The van der Waals surface area contributed by atoms with E-state index in [0.29, 0.717) is 16.7 Å². The number of rotatable bonds is 8. The van der Waals surface area contributed by atoms with Gasteiger partial charge in [-0.1, -0.05) is 30.3 Å². The Morgan fingerprint density at radius 1 is 1.11 bits per heavy atom. The number of fused-ring (bicyclic) bond motifs is 1. The first kappa shape index (κ1) is 23.8. The molecular weight excluding hydrogens is 466 g/mol. The van der Waals surface area contributed by atoms with Crippen molar-refractivity contribution in [2.45, 2.75) is 31.1 Å². The number of benzene rings is 2. The molecule has 1 aliphatic heterocycles. The molecule has 11 nitrogen and oxygen atoms in total. The molecule has 0 spiro atoms. The maximum absolute atomic E-state index is 12.6. The standard InChI is InChI=1S/C25H25N5O6/c1-34-17-9-7-15(8-10-17)12-35-21-20(32)18(11-31)36-25(21)30-14-28-19-22(26-13-27-23(19)30)29-24(33)16-5-3-2-4-6-16/h2-10,13-14,18,20-21,25,31-32H,11-12H2,1H3,(H,26,27,29,33)/t18-,20-,21-,25-/m1/s1. The predicted octanol–water partition coefficient (Wildman–Crippen LogP) is 1.92. The molecule has 1 saturated heterocycles. The van der Waals surface area contributed by atoms with Gasteiger partial charge in [0.2, 0.25) is 0 Å². The minimum atomic E-state index is -1.09. The molecule has 36 heavy (non-hydrogen) atoms. The second-order valence-electron chi connectivity index (χ2n) is 8.23. The summed E-state index contributed by atoms with van der Waals surface area (Å²) in [4.78, 5) is 25.5. The molecule has 3 heterocycles. The molecule has 0 radical (unpaired) electrons. The number of hydrogen-bond donors (Lipinski definition) is 3. The van der Waals surface area contributed by atoms with Crippen LogP contribution in [-0.2, 0) is 16.1 Å². The van der Waals surface area contributed by atoms with Gasteiger partial charge in [0.15, 0.2) is 23.2 Å². The van der Waals surface area contributed by atoms with Crippen LogP contribution in [0.2, 0.25) is 0 Å². The van der Waals surface area contributed by atoms with E-state index < -0.39 is 24.5 Å². The van der Waals surface area contributed by atoms with Crippen LogP contribution in [0, 0.1) is 0 Å². The number of aliphatic hydroxyl groups excluding tert-OH is 2. The van der Waals surface area contributed by atoms with E-state index in [2.05, 4.69) is 20.3 Å². The highest BCUT2D eigenvalue weighted by molar-refractivity contribution is 6.06. The molecule has 0 unspecified atom stereocenters.